The Hall–Kier alpha value is -2.09. The molecule has 0 amide bonds. The third kappa shape index (κ3) is 7.00. The molecule has 1 saturated carbocycles. The zero-order valence-corrected chi connectivity index (χ0v) is 19.8. The van der Waals surface area contributed by atoms with Crippen LogP contribution in [0.3, 0.4) is 0 Å². The summed E-state index contributed by atoms with van der Waals surface area (Å²) in [5.74, 6) is 0.782. The maximum Gasteiger partial charge on any atom is 0.0639 e. The zero-order valence-electron chi connectivity index (χ0n) is 19.8. The predicted octanol–water partition coefficient (Wildman–Crippen LogP) is 7.92. The highest BCUT2D eigenvalue weighted by Gasteiger charge is 2.20. The summed E-state index contributed by atoms with van der Waals surface area (Å²) < 4.78 is 0. The van der Waals surface area contributed by atoms with Crippen molar-refractivity contribution in [2.24, 2.45) is 5.92 Å². The molecule has 0 radical (unpaired) electrons. The lowest BCUT2D eigenvalue weighted by molar-refractivity contribution is 0.354. The van der Waals surface area contributed by atoms with E-state index in [2.05, 4.69) is 64.1 Å². The molecule has 0 aromatic carbocycles. The van der Waals surface area contributed by atoms with Crippen molar-refractivity contribution in [2.75, 3.05) is 18.0 Å². The van der Waals surface area contributed by atoms with Crippen molar-refractivity contribution in [2.45, 2.75) is 79.1 Å². The lowest BCUT2D eigenvalue weighted by Crippen LogP contribution is -2.27. The third-order valence-electron chi connectivity index (χ3n) is 6.14. The fraction of sp³-hybridized carbons (Fsp3) is 0.536. The highest BCUT2D eigenvalue weighted by molar-refractivity contribution is 5.79. The summed E-state index contributed by atoms with van der Waals surface area (Å²) >= 11 is 0. The number of hydrogen-bond donors (Lipinski definition) is 0. The number of aromatic nitrogens is 1. The second kappa shape index (κ2) is 12.6. The van der Waals surface area contributed by atoms with Crippen LogP contribution in [0.15, 0.2) is 54.8 Å². The highest BCUT2D eigenvalue weighted by atomic mass is 15.1. The van der Waals surface area contributed by atoms with Gasteiger partial charge in [0.25, 0.3) is 0 Å². The fourth-order valence-corrected chi connectivity index (χ4v) is 4.40. The van der Waals surface area contributed by atoms with E-state index < -0.39 is 0 Å². The standard InChI is InChI=1S/C28H42N2/c1-7-10-17-30(16-8-2)28-20-25(26(22(4)5)18-23(6)9-3)21-29-27(28)19-24-14-12-11-13-15-24/h7,9,18,20-21,24H,1,3,8,10-17,19H2,2,4-6H3/b23-18-. The van der Waals surface area contributed by atoms with Gasteiger partial charge >= 0.3 is 0 Å². The molecule has 0 unspecified atom stereocenters. The van der Waals surface area contributed by atoms with Gasteiger partial charge in [0.1, 0.15) is 0 Å². The van der Waals surface area contributed by atoms with Crippen LogP contribution in [0.25, 0.3) is 5.57 Å². The van der Waals surface area contributed by atoms with Crippen molar-refractivity contribution < 1.29 is 0 Å². The molecule has 2 nitrogen and oxygen atoms in total. The Balaban J connectivity index is 2.49. The van der Waals surface area contributed by atoms with Crippen LogP contribution in [0.2, 0.25) is 0 Å². The molecule has 0 saturated heterocycles. The normalized spacial score (nSPS) is 15.0. The first-order valence-corrected chi connectivity index (χ1v) is 11.8. The molecule has 0 atom stereocenters. The minimum atomic E-state index is 0.782. The van der Waals surface area contributed by atoms with Crippen LogP contribution < -0.4 is 4.90 Å². The zero-order chi connectivity index (χ0) is 21.9. The van der Waals surface area contributed by atoms with Gasteiger partial charge in [0.2, 0.25) is 0 Å². The SMILES string of the molecule is C=CCCN(CCC)c1cc(C(/C=C(/C)C=C)=C(C)C)cnc1CC1CCCCC1. The molecule has 164 valence electrons. The van der Waals surface area contributed by atoms with Gasteiger partial charge in [-0.05, 0) is 57.6 Å². The Morgan fingerprint density at radius 3 is 2.47 bits per heavy atom. The van der Waals surface area contributed by atoms with Crippen molar-refractivity contribution in [1.82, 2.24) is 4.98 Å². The summed E-state index contributed by atoms with van der Waals surface area (Å²) in [5.41, 5.74) is 7.54. The molecule has 1 aromatic rings. The number of nitrogens with zero attached hydrogens (tertiary/aromatic N) is 2. The average molecular weight is 407 g/mol. The van der Waals surface area contributed by atoms with Crippen LogP contribution in [-0.4, -0.2) is 18.1 Å². The number of pyridine rings is 1. The van der Waals surface area contributed by atoms with Gasteiger partial charge in [-0.3, -0.25) is 4.98 Å². The number of anilines is 1. The quantitative estimate of drug-likeness (QED) is 0.274. The van der Waals surface area contributed by atoms with E-state index >= 15 is 0 Å². The average Bonchev–Trinajstić information content (AvgIpc) is 2.75. The topological polar surface area (TPSA) is 16.1 Å². The number of hydrogen-bond acceptors (Lipinski definition) is 2. The maximum absolute atomic E-state index is 5.06. The molecule has 1 fully saturated rings. The molecule has 1 aliphatic rings. The Morgan fingerprint density at radius 2 is 1.87 bits per heavy atom. The number of allylic oxidation sites excluding steroid dienone is 5. The van der Waals surface area contributed by atoms with Gasteiger partial charge in [0.15, 0.2) is 0 Å². The smallest absolute Gasteiger partial charge is 0.0639 e. The first-order valence-electron chi connectivity index (χ1n) is 11.8. The first kappa shape index (κ1) is 24.2. The lowest BCUT2D eigenvalue weighted by Gasteiger charge is -2.29. The summed E-state index contributed by atoms with van der Waals surface area (Å²) in [6.07, 6.45) is 18.4. The third-order valence-corrected chi connectivity index (χ3v) is 6.14. The van der Waals surface area contributed by atoms with Crippen molar-refractivity contribution >= 4 is 11.3 Å². The maximum atomic E-state index is 5.06. The minimum absolute atomic E-state index is 0.782. The van der Waals surface area contributed by atoms with Gasteiger partial charge in [-0.25, -0.2) is 0 Å². The monoisotopic (exact) mass is 406 g/mol. The molecule has 2 heteroatoms. The van der Waals surface area contributed by atoms with Crippen LogP contribution >= 0.6 is 0 Å². The van der Waals surface area contributed by atoms with E-state index in [0.29, 0.717) is 0 Å². The Bertz CT molecular complexity index is 759. The summed E-state index contributed by atoms with van der Waals surface area (Å²) in [7, 11) is 0. The van der Waals surface area contributed by atoms with Gasteiger partial charge in [-0.2, -0.15) is 0 Å². The lowest BCUT2D eigenvalue weighted by atomic mass is 9.85. The summed E-state index contributed by atoms with van der Waals surface area (Å²) in [6.45, 7) is 18.7. The molecule has 0 bridgehead atoms. The predicted molar refractivity (Wildman–Crippen MR) is 134 cm³/mol. The summed E-state index contributed by atoms with van der Waals surface area (Å²) in [5, 5.41) is 0. The van der Waals surface area contributed by atoms with Crippen molar-refractivity contribution in [3.63, 3.8) is 0 Å². The molecular formula is C28H42N2. The molecule has 0 N–H and O–H groups in total. The van der Waals surface area contributed by atoms with Crippen molar-refractivity contribution in [1.29, 1.82) is 0 Å². The van der Waals surface area contributed by atoms with E-state index in [-0.39, 0.29) is 0 Å². The second-order valence-electron chi connectivity index (χ2n) is 8.97. The first-order chi connectivity index (χ1) is 14.5. The molecule has 0 spiro atoms. The fourth-order valence-electron chi connectivity index (χ4n) is 4.40. The van der Waals surface area contributed by atoms with Gasteiger partial charge in [0, 0.05) is 24.8 Å². The minimum Gasteiger partial charge on any atom is -0.370 e. The molecular weight excluding hydrogens is 364 g/mol. The molecule has 1 heterocycles. The summed E-state index contributed by atoms with van der Waals surface area (Å²) in [4.78, 5) is 7.59. The van der Waals surface area contributed by atoms with E-state index in [9.17, 15) is 0 Å². The Labute approximate surface area is 185 Å². The van der Waals surface area contributed by atoms with Crippen molar-refractivity contribution in [3.05, 3.63) is 66.1 Å². The molecule has 1 aliphatic carbocycles. The highest BCUT2D eigenvalue weighted by Crippen LogP contribution is 2.32. The van der Waals surface area contributed by atoms with Crippen LogP contribution in [0.1, 0.15) is 83.9 Å². The van der Waals surface area contributed by atoms with Crippen LogP contribution in [0.4, 0.5) is 5.69 Å². The number of rotatable bonds is 11. The molecule has 30 heavy (non-hydrogen) atoms. The Morgan fingerprint density at radius 1 is 1.13 bits per heavy atom. The van der Waals surface area contributed by atoms with Crippen LogP contribution in [0.5, 0.6) is 0 Å². The van der Waals surface area contributed by atoms with E-state index in [1.807, 2.05) is 12.2 Å². The van der Waals surface area contributed by atoms with Gasteiger partial charge in [-0.15, -0.1) is 6.58 Å². The molecule has 0 aliphatic heterocycles. The van der Waals surface area contributed by atoms with E-state index in [0.717, 1.165) is 38.3 Å². The van der Waals surface area contributed by atoms with Gasteiger partial charge < -0.3 is 4.90 Å². The molecule has 2 rings (SSSR count). The van der Waals surface area contributed by atoms with Crippen molar-refractivity contribution in [3.8, 4) is 0 Å². The largest absolute Gasteiger partial charge is 0.370 e. The van der Waals surface area contributed by atoms with Gasteiger partial charge in [0.05, 0.1) is 11.4 Å². The second-order valence-corrected chi connectivity index (χ2v) is 8.97. The van der Waals surface area contributed by atoms with E-state index in [4.69, 9.17) is 4.98 Å². The van der Waals surface area contributed by atoms with Crippen LogP contribution in [-0.2, 0) is 6.42 Å². The Kier molecular flexibility index (Phi) is 10.1. The van der Waals surface area contributed by atoms with Crippen LogP contribution in [0, 0.1) is 5.92 Å². The summed E-state index contributed by atoms with van der Waals surface area (Å²) in [6, 6.07) is 2.39. The molecule has 1 aromatic heterocycles. The van der Waals surface area contributed by atoms with E-state index in [1.54, 1.807) is 0 Å². The van der Waals surface area contributed by atoms with Gasteiger partial charge in [-0.1, -0.05) is 75.0 Å². The van der Waals surface area contributed by atoms with E-state index in [1.165, 1.54) is 65.8 Å².